The lowest BCUT2D eigenvalue weighted by atomic mass is 10.1. The van der Waals surface area contributed by atoms with E-state index in [1.165, 1.54) is 28.6 Å². The third kappa shape index (κ3) is 3.54. The number of benzene rings is 2. The maximum atomic E-state index is 12.7. The van der Waals surface area contributed by atoms with Crippen molar-refractivity contribution in [3.63, 3.8) is 0 Å². The number of rotatable bonds is 5. The van der Waals surface area contributed by atoms with E-state index >= 15 is 0 Å². The molecule has 1 saturated heterocycles. The van der Waals surface area contributed by atoms with Gasteiger partial charge in [0.2, 0.25) is 20.0 Å². The summed E-state index contributed by atoms with van der Waals surface area (Å²) in [4.78, 5) is 0.210. The Hall–Kier alpha value is -1.74. The van der Waals surface area contributed by atoms with Gasteiger partial charge in [0.05, 0.1) is 9.79 Å². The maximum absolute atomic E-state index is 12.7. The number of fused-ring (bicyclic) bond motifs is 1. The van der Waals surface area contributed by atoms with Crippen molar-refractivity contribution in [2.75, 3.05) is 13.1 Å². The Labute approximate surface area is 160 Å². The molecular formula is C19H22N2O4S2. The zero-order valence-corrected chi connectivity index (χ0v) is 16.5. The summed E-state index contributed by atoms with van der Waals surface area (Å²) in [6.07, 6.45) is 3.29. The Morgan fingerprint density at radius 1 is 0.852 bits per heavy atom. The summed E-state index contributed by atoms with van der Waals surface area (Å²) in [7, 11) is -7.27. The average Bonchev–Trinajstić information content (AvgIpc) is 3.33. The van der Waals surface area contributed by atoms with Gasteiger partial charge in [-0.15, -0.1) is 0 Å². The molecule has 0 unspecified atom stereocenters. The molecule has 0 spiro atoms. The van der Waals surface area contributed by atoms with Crippen LogP contribution in [0.3, 0.4) is 0 Å². The van der Waals surface area contributed by atoms with E-state index in [1.807, 2.05) is 24.3 Å². The van der Waals surface area contributed by atoms with Crippen LogP contribution in [-0.2, 0) is 26.5 Å². The van der Waals surface area contributed by atoms with Crippen LogP contribution >= 0.6 is 0 Å². The monoisotopic (exact) mass is 406 g/mol. The molecule has 1 fully saturated rings. The molecule has 0 saturated carbocycles. The highest BCUT2D eigenvalue weighted by Crippen LogP contribution is 2.32. The number of sulfonamides is 2. The van der Waals surface area contributed by atoms with Crippen molar-refractivity contribution in [2.24, 2.45) is 0 Å². The first-order valence-electron chi connectivity index (χ1n) is 9.08. The highest BCUT2D eigenvalue weighted by molar-refractivity contribution is 7.89. The lowest BCUT2D eigenvalue weighted by molar-refractivity contribution is 0.477. The van der Waals surface area contributed by atoms with Crippen molar-refractivity contribution >= 4 is 20.0 Å². The quantitative estimate of drug-likeness (QED) is 0.827. The summed E-state index contributed by atoms with van der Waals surface area (Å²) in [5.41, 5.74) is 2.17. The minimum atomic E-state index is -3.73. The van der Waals surface area contributed by atoms with E-state index in [9.17, 15) is 16.8 Å². The molecular weight excluding hydrogens is 384 g/mol. The number of nitrogens with one attached hydrogen (secondary N) is 1. The van der Waals surface area contributed by atoms with Gasteiger partial charge < -0.3 is 0 Å². The van der Waals surface area contributed by atoms with E-state index in [0.29, 0.717) is 13.1 Å². The molecule has 1 aliphatic heterocycles. The fraction of sp³-hybridized carbons (Fsp3) is 0.368. The predicted octanol–water partition coefficient (Wildman–Crippen LogP) is 2.44. The predicted molar refractivity (Wildman–Crippen MR) is 102 cm³/mol. The molecule has 6 nitrogen and oxygen atoms in total. The van der Waals surface area contributed by atoms with Crippen molar-refractivity contribution in [3.05, 3.63) is 59.7 Å². The molecule has 0 radical (unpaired) electrons. The van der Waals surface area contributed by atoms with Gasteiger partial charge in [-0.25, -0.2) is 21.6 Å². The molecule has 0 bridgehead atoms. The molecule has 1 heterocycles. The van der Waals surface area contributed by atoms with Crippen LogP contribution in [0.25, 0.3) is 0 Å². The van der Waals surface area contributed by atoms with Crippen LogP contribution in [0.15, 0.2) is 58.3 Å². The van der Waals surface area contributed by atoms with Gasteiger partial charge >= 0.3 is 0 Å². The Morgan fingerprint density at radius 3 is 2.19 bits per heavy atom. The van der Waals surface area contributed by atoms with Gasteiger partial charge in [0.25, 0.3) is 0 Å². The molecule has 2 aromatic rings. The van der Waals surface area contributed by atoms with Gasteiger partial charge in [0, 0.05) is 19.1 Å². The summed E-state index contributed by atoms with van der Waals surface area (Å²) in [6, 6.07) is 13.1. The summed E-state index contributed by atoms with van der Waals surface area (Å²) in [5.74, 6) is 0. The van der Waals surface area contributed by atoms with Crippen molar-refractivity contribution in [2.45, 2.75) is 41.5 Å². The first kappa shape index (κ1) is 18.6. The summed E-state index contributed by atoms with van der Waals surface area (Å²) >= 11 is 0. The number of nitrogens with zero attached hydrogens (tertiary/aromatic N) is 1. The van der Waals surface area contributed by atoms with Crippen LogP contribution < -0.4 is 4.72 Å². The van der Waals surface area contributed by atoms with E-state index in [-0.39, 0.29) is 15.8 Å². The van der Waals surface area contributed by atoms with Crippen LogP contribution in [0, 0.1) is 0 Å². The number of hydrogen-bond acceptors (Lipinski definition) is 4. The molecule has 0 amide bonds. The normalized spacial score (nSPS) is 20.7. The molecule has 4 rings (SSSR count). The second kappa shape index (κ2) is 7.01. The number of aryl methyl sites for hydroxylation is 1. The SMILES string of the molecule is O=S(=O)(N[C@@H]1CCc2ccccc21)c1ccc(S(=O)(=O)N2CCCC2)cc1. The van der Waals surface area contributed by atoms with Gasteiger partial charge in [-0.3, -0.25) is 0 Å². The van der Waals surface area contributed by atoms with Gasteiger partial charge in [-0.2, -0.15) is 4.31 Å². The van der Waals surface area contributed by atoms with E-state index < -0.39 is 20.0 Å². The highest BCUT2D eigenvalue weighted by Gasteiger charge is 2.29. The summed E-state index contributed by atoms with van der Waals surface area (Å²) < 4.78 is 54.8. The zero-order valence-electron chi connectivity index (χ0n) is 14.8. The van der Waals surface area contributed by atoms with Crippen LogP contribution in [0.4, 0.5) is 0 Å². The molecule has 2 aromatic carbocycles. The third-order valence-electron chi connectivity index (χ3n) is 5.27. The fourth-order valence-electron chi connectivity index (χ4n) is 3.80. The van der Waals surface area contributed by atoms with Crippen molar-refractivity contribution in [3.8, 4) is 0 Å². The van der Waals surface area contributed by atoms with Crippen LogP contribution in [0.5, 0.6) is 0 Å². The maximum Gasteiger partial charge on any atom is 0.243 e. The molecule has 144 valence electrons. The lowest BCUT2D eigenvalue weighted by Crippen LogP contribution is -2.28. The molecule has 2 aliphatic rings. The van der Waals surface area contributed by atoms with Crippen LogP contribution in [0.2, 0.25) is 0 Å². The molecule has 1 N–H and O–H groups in total. The second-order valence-electron chi connectivity index (χ2n) is 6.99. The van der Waals surface area contributed by atoms with E-state index in [2.05, 4.69) is 4.72 Å². The average molecular weight is 407 g/mol. The van der Waals surface area contributed by atoms with E-state index in [0.717, 1.165) is 36.8 Å². The molecule has 8 heteroatoms. The largest absolute Gasteiger partial charge is 0.243 e. The Bertz CT molecular complexity index is 1040. The van der Waals surface area contributed by atoms with Crippen LogP contribution in [0.1, 0.15) is 36.4 Å². The minimum Gasteiger partial charge on any atom is -0.207 e. The first-order valence-corrected chi connectivity index (χ1v) is 12.0. The van der Waals surface area contributed by atoms with Crippen LogP contribution in [-0.4, -0.2) is 34.2 Å². The Balaban J connectivity index is 1.55. The van der Waals surface area contributed by atoms with E-state index in [1.54, 1.807) is 0 Å². The van der Waals surface area contributed by atoms with Gasteiger partial charge in [0.1, 0.15) is 0 Å². The zero-order chi connectivity index (χ0) is 19.1. The Kier molecular flexibility index (Phi) is 4.84. The topological polar surface area (TPSA) is 83.5 Å². The van der Waals surface area contributed by atoms with Crippen molar-refractivity contribution < 1.29 is 16.8 Å². The summed E-state index contributed by atoms with van der Waals surface area (Å²) in [5, 5.41) is 0. The second-order valence-corrected chi connectivity index (χ2v) is 10.6. The lowest BCUT2D eigenvalue weighted by Gasteiger charge is -2.17. The molecule has 1 aliphatic carbocycles. The molecule has 1 atom stereocenters. The van der Waals surface area contributed by atoms with Gasteiger partial charge in [0.15, 0.2) is 0 Å². The third-order valence-corrected chi connectivity index (χ3v) is 8.67. The Morgan fingerprint density at radius 2 is 1.48 bits per heavy atom. The van der Waals surface area contributed by atoms with Gasteiger partial charge in [-0.1, -0.05) is 24.3 Å². The smallest absolute Gasteiger partial charge is 0.207 e. The molecule has 27 heavy (non-hydrogen) atoms. The van der Waals surface area contributed by atoms with Crippen molar-refractivity contribution in [1.82, 2.24) is 9.03 Å². The van der Waals surface area contributed by atoms with E-state index in [4.69, 9.17) is 0 Å². The standard InChI is InChI=1S/C19H22N2O4S2/c22-26(23,20-19-12-7-15-5-1-2-6-18(15)19)16-8-10-17(11-9-16)27(24,25)21-13-3-4-14-21/h1-2,5-6,8-11,19-20H,3-4,7,12-14H2/t19-/m1/s1. The number of hydrogen-bond donors (Lipinski definition) is 1. The highest BCUT2D eigenvalue weighted by atomic mass is 32.2. The fourth-order valence-corrected chi connectivity index (χ4v) is 6.57. The first-order chi connectivity index (χ1) is 12.9. The minimum absolute atomic E-state index is 0.0762. The molecule has 0 aromatic heterocycles. The van der Waals surface area contributed by atoms with Gasteiger partial charge in [-0.05, 0) is 61.1 Å². The van der Waals surface area contributed by atoms with Crippen molar-refractivity contribution in [1.29, 1.82) is 0 Å². The summed E-state index contributed by atoms with van der Waals surface area (Å²) in [6.45, 7) is 1.04.